The Morgan fingerprint density at radius 3 is 2.22 bits per heavy atom. The van der Waals surface area contributed by atoms with E-state index in [4.69, 9.17) is 0 Å². The first-order valence-corrected chi connectivity index (χ1v) is 8.39. The van der Waals surface area contributed by atoms with Crippen molar-refractivity contribution in [3.63, 3.8) is 0 Å². The summed E-state index contributed by atoms with van der Waals surface area (Å²) in [5.74, 6) is -1.48. The Morgan fingerprint density at radius 2 is 1.52 bits per heavy atom. The summed E-state index contributed by atoms with van der Waals surface area (Å²) in [5.41, 5.74) is 1.43. The number of benzene rings is 1. The molecule has 0 saturated carbocycles. The van der Waals surface area contributed by atoms with Crippen LogP contribution < -0.4 is 0 Å². The first-order chi connectivity index (χ1) is 11.1. The Bertz CT molecular complexity index is 624. The molecule has 23 heavy (non-hydrogen) atoms. The van der Waals surface area contributed by atoms with Gasteiger partial charge in [0.15, 0.2) is 17.5 Å². The molecule has 1 aromatic carbocycles. The highest BCUT2D eigenvalue weighted by molar-refractivity contribution is 5.56. The van der Waals surface area contributed by atoms with Gasteiger partial charge in [-0.1, -0.05) is 45.1 Å². The van der Waals surface area contributed by atoms with E-state index in [-0.39, 0.29) is 17.0 Å². The Kier molecular flexibility index (Phi) is 6.63. The molecule has 0 atom stereocenters. The molecule has 2 nitrogen and oxygen atoms in total. The second-order valence-electron chi connectivity index (χ2n) is 5.99. The highest BCUT2D eigenvalue weighted by Crippen LogP contribution is 2.23. The molecule has 2 aromatic rings. The summed E-state index contributed by atoms with van der Waals surface area (Å²) in [6.07, 6.45) is 11.8. The number of unbranched alkanes of at least 4 members (excludes halogenated alkanes) is 5. The van der Waals surface area contributed by atoms with Crippen molar-refractivity contribution in [1.82, 2.24) is 9.97 Å². The number of aryl methyl sites for hydroxylation is 2. The van der Waals surface area contributed by atoms with Gasteiger partial charge in [0.2, 0.25) is 0 Å². The van der Waals surface area contributed by atoms with Crippen molar-refractivity contribution in [3.05, 3.63) is 47.3 Å². The van der Waals surface area contributed by atoms with Gasteiger partial charge in [0.05, 0.1) is 5.56 Å². The van der Waals surface area contributed by atoms with E-state index in [1.807, 2.05) is 0 Å². The van der Waals surface area contributed by atoms with Crippen LogP contribution in [0.15, 0.2) is 24.5 Å². The summed E-state index contributed by atoms with van der Waals surface area (Å²) in [5, 5.41) is 0. The second kappa shape index (κ2) is 8.70. The summed E-state index contributed by atoms with van der Waals surface area (Å²) >= 11 is 0. The zero-order chi connectivity index (χ0) is 16.7. The van der Waals surface area contributed by atoms with Crippen LogP contribution in [0.25, 0.3) is 11.4 Å². The number of hydrogen-bond acceptors (Lipinski definition) is 2. The fourth-order valence-electron chi connectivity index (χ4n) is 2.55. The van der Waals surface area contributed by atoms with Gasteiger partial charge in [-0.2, -0.15) is 0 Å². The van der Waals surface area contributed by atoms with Gasteiger partial charge < -0.3 is 0 Å². The molecule has 0 aliphatic carbocycles. The Morgan fingerprint density at radius 1 is 0.870 bits per heavy atom. The predicted octanol–water partition coefficient (Wildman–Crippen LogP) is 5.63. The van der Waals surface area contributed by atoms with E-state index < -0.39 is 11.6 Å². The van der Waals surface area contributed by atoms with Gasteiger partial charge >= 0.3 is 0 Å². The molecule has 1 aromatic heterocycles. The molecule has 0 unspecified atom stereocenters. The lowest BCUT2D eigenvalue weighted by Crippen LogP contribution is -1.98. The molecule has 0 radical (unpaired) electrons. The summed E-state index contributed by atoms with van der Waals surface area (Å²) in [6.45, 7) is 3.74. The molecule has 0 fully saturated rings. The van der Waals surface area contributed by atoms with Crippen LogP contribution in [-0.4, -0.2) is 9.97 Å². The summed E-state index contributed by atoms with van der Waals surface area (Å²) in [4.78, 5) is 8.38. The van der Waals surface area contributed by atoms with Gasteiger partial charge in [0.1, 0.15) is 0 Å². The summed E-state index contributed by atoms with van der Waals surface area (Å²) in [7, 11) is 0. The van der Waals surface area contributed by atoms with Crippen LogP contribution in [0, 0.1) is 18.6 Å². The minimum Gasteiger partial charge on any atom is -0.236 e. The van der Waals surface area contributed by atoms with Crippen molar-refractivity contribution in [2.75, 3.05) is 0 Å². The third-order valence-corrected chi connectivity index (χ3v) is 4.04. The minimum atomic E-state index is -0.881. The van der Waals surface area contributed by atoms with Crippen LogP contribution in [0.4, 0.5) is 8.78 Å². The van der Waals surface area contributed by atoms with Gasteiger partial charge in [0.25, 0.3) is 0 Å². The molecule has 0 bridgehead atoms. The van der Waals surface area contributed by atoms with Crippen molar-refractivity contribution in [3.8, 4) is 11.4 Å². The average molecular weight is 318 g/mol. The SMILES string of the molecule is CCCCCCCCc1cnc(-c2ccc(C)c(F)c2F)nc1. The number of hydrogen-bond donors (Lipinski definition) is 0. The average Bonchev–Trinajstić information content (AvgIpc) is 2.57. The Hall–Kier alpha value is -1.84. The molecule has 0 aliphatic rings. The smallest absolute Gasteiger partial charge is 0.170 e. The fraction of sp³-hybridized carbons (Fsp3) is 0.474. The van der Waals surface area contributed by atoms with Crippen LogP contribution in [0.5, 0.6) is 0 Å². The highest BCUT2D eigenvalue weighted by atomic mass is 19.2. The van der Waals surface area contributed by atoms with E-state index in [1.54, 1.807) is 18.5 Å². The first-order valence-electron chi connectivity index (χ1n) is 8.39. The summed E-state index contributed by atoms with van der Waals surface area (Å²) < 4.78 is 27.6. The largest absolute Gasteiger partial charge is 0.236 e. The van der Waals surface area contributed by atoms with Gasteiger partial charge in [-0.3, -0.25) is 0 Å². The zero-order valence-electron chi connectivity index (χ0n) is 13.9. The minimum absolute atomic E-state index is 0.110. The summed E-state index contributed by atoms with van der Waals surface area (Å²) in [6, 6.07) is 3.07. The second-order valence-corrected chi connectivity index (χ2v) is 5.99. The molecular weight excluding hydrogens is 294 g/mol. The van der Waals surface area contributed by atoms with Crippen LogP contribution in [0.2, 0.25) is 0 Å². The third-order valence-electron chi connectivity index (χ3n) is 4.04. The van der Waals surface area contributed by atoms with Crippen molar-refractivity contribution in [2.45, 2.75) is 58.8 Å². The number of aromatic nitrogens is 2. The number of rotatable bonds is 8. The maximum absolute atomic E-state index is 13.9. The number of nitrogens with zero attached hydrogens (tertiary/aromatic N) is 2. The lowest BCUT2D eigenvalue weighted by atomic mass is 10.1. The molecular formula is C19H24F2N2. The molecule has 0 saturated heterocycles. The first kappa shape index (κ1) is 17.5. The lowest BCUT2D eigenvalue weighted by Gasteiger charge is -2.06. The molecule has 0 N–H and O–H groups in total. The van der Waals surface area contributed by atoms with Gasteiger partial charge in [-0.25, -0.2) is 18.7 Å². The molecule has 124 valence electrons. The zero-order valence-corrected chi connectivity index (χ0v) is 13.9. The molecule has 0 amide bonds. The van der Waals surface area contributed by atoms with Gasteiger partial charge in [-0.15, -0.1) is 0 Å². The molecule has 2 rings (SSSR count). The van der Waals surface area contributed by atoms with Gasteiger partial charge in [0, 0.05) is 12.4 Å². The van der Waals surface area contributed by atoms with E-state index in [1.165, 1.54) is 45.1 Å². The maximum atomic E-state index is 13.9. The van der Waals surface area contributed by atoms with Crippen LogP contribution in [0.3, 0.4) is 0 Å². The van der Waals surface area contributed by atoms with Crippen LogP contribution in [-0.2, 0) is 6.42 Å². The Labute approximate surface area is 137 Å². The molecule has 1 heterocycles. The van der Waals surface area contributed by atoms with E-state index in [9.17, 15) is 8.78 Å². The topological polar surface area (TPSA) is 25.8 Å². The fourth-order valence-corrected chi connectivity index (χ4v) is 2.55. The standard InChI is InChI=1S/C19H24F2N2/c1-3-4-5-6-7-8-9-15-12-22-19(23-13-15)16-11-10-14(2)17(20)18(16)21/h10-13H,3-9H2,1-2H3. The Balaban J connectivity index is 1.93. The van der Waals surface area contributed by atoms with E-state index in [0.717, 1.165) is 18.4 Å². The van der Waals surface area contributed by atoms with Crippen LogP contribution in [0.1, 0.15) is 56.6 Å². The quantitative estimate of drug-likeness (QED) is 0.589. The molecule has 0 spiro atoms. The maximum Gasteiger partial charge on any atom is 0.170 e. The van der Waals surface area contributed by atoms with E-state index >= 15 is 0 Å². The number of halogens is 2. The van der Waals surface area contributed by atoms with Crippen molar-refractivity contribution in [1.29, 1.82) is 0 Å². The monoisotopic (exact) mass is 318 g/mol. The normalized spacial score (nSPS) is 11.0. The lowest BCUT2D eigenvalue weighted by molar-refractivity contribution is 0.505. The third kappa shape index (κ3) is 4.81. The van der Waals surface area contributed by atoms with E-state index in [2.05, 4.69) is 16.9 Å². The van der Waals surface area contributed by atoms with Crippen LogP contribution >= 0.6 is 0 Å². The molecule has 4 heteroatoms. The van der Waals surface area contributed by atoms with E-state index in [0.29, 0.717) is 0 Å². The predicted molar refractivity (Wildman–Crippen MR) is 89.2 cm³/mol. The van der Waals surface area contributed by atoms with Gasteiger partial charge in [-0.05, 0) is 37.0 Å². The highest BCUT2D eigenvalue weighted by Gasteiger charge is 2.14. The molecule has 0 aliphatic heterocycles. The van der Waals surface area contributed by atoms with Crippen molar-refractivity contribution in [2.24, 2.45) is 0 Å². The van der Waals surface area contributed by atoms with Crippen molar-refractivity contribution < 1.29 is 8.78 Å². The van der Waals surface area contributed by atoms with Crippen molar-refractivity contribution >= 4 is 0 Å².